The fraction of sp³-hybridized carbons (Fsp3) is 0.600. The van der Waals surface area contributed by atoms with Crippen molar-refractivity contribution >= 4 is 21.7 Å². The SMILES string of the molecule is Cc1cc(C)c2c(=O)n(CN3CCN(CCO)CC3)sc2n1. The minimum Gasteiger partial charge on any atom is -0.395 e. The van der Waals surface area contributed by atoms with Crippen LogP contribution in [0.2, 0.25) is 0 Å². The summed E-state index contributed by atoms with van der Waals surface area (Å²) < 4.78 is 1.81. The van der Waals surface area contributed by atoms with E-state index in [0.717, 1.165) is 54.2 Å². The second-order valence-electron chi connectivity index (χ2n) is 5.86. The van der Waals surface area contributed by atoms with Crippen molar-refractivity contribution in [2.75, 3.05) is 39.3 Å². The minimum absolute atomic E-state index is 0.0720. The smallest absolute Gasteiger partial charge is 0.271 e. The molecule has 0 amide bonds. The van der Waals surface area contributed by atoms with Gasteiger partial charge < -0.3 is 5.11 Å². The molecule has 0 saturated carbocycles. The Morgan fingerprint density at radius 2 is 1.91 bits per heavy atom. The molecule has 1 N–H and O–H groups in total. The van der Waals surface area contributed by atoms with E-state index in [1.54, 1.807) is 0 Å². The summed E-state index contributed by atoms with van der Waals surface area (Å²) in [6.45, 7) is 9.24. The maximum absolute atomic E-state index is 12.6. The van der Waals surface area contributed by atoms with Gasteiger partial charge in [0.05, 0.1) is 18.7 Å². The lowest BCUT2D eigenvalue weighted by atomic mass is 10.2. The van der Waals surface area contributed by atoms with Crippen LogP contribution < -0.4 is 5.56 Å². The Hall–Kier alpha value is -1.28. The van der Waals surface area contributed by atoms with Gasteiger partial charge in [-0.05, 0) is 37.0 Å². The first-order chi connectivity index (χ1) is 10.6. The summed E-state index contributed by atoms with van der Waals surface area (Å²) in [5, 5.41) is 9.74. The molecule has 1 aliphatic heterocycles. The third kappa shape index (κ3) is 3.08. The number of aliphatic hydroxyl groups is 1. The van der Waals surface area contributed by atoms with Gasteiger partial charge in [-0.1, -0.05) is 0 Å². The average molecular weight is 322 g/mol. The van der Waals surface area contributed by atoms with Gasteiger partial charge in [-0.25, -0.2) is 8.94 Å². The second-order valence-corrected chi connectivity index (χ2v) is 6.87. The first kappa shape index (κ1) is 15.6. The quantitative estimate of drug-likeness (QED) is 0.895. The van der Waals surface area contributed by atoms with E-state index >= 15 is 0 Å². The van der Waals surface area contributed by atoms with E-state index in [1.807, 2.05) is 23.9 Å². The van der Waals surface area contributed by atoms with Crippen LogP contribution in [0.1, 0.15) is 11.3 Å². The highest BCUT2D eigenvalue weighted by atomic mass is 32.1. The Morgan fingerprint density at radius 1 is 1.23 bits per heavy atom. The summed E-state index contributed by atoms with van der Waals surface area (Å²) >= 11 is 1.45. The molecule has 1 fully saturated rings. The van der Waals surface area contributed by atoms with Crippen molar-refractivity contribution < 1.29 is 5.11 Å². The Morgan fingerprint density at radius 3 is 2.59 bits per heavy atom. The Labute approximate surface area is 133 Å². The molecule has 3 rings (SSSR count). The molecular formula is C15H22N4O2S. The number of nitrogens with zero attached hydrogens (tertiary/aromatic N) is 4. The van der Waals surface area contributed by atoms with Crippen LogP contribution >= 0.6 is 11.5 Å². The number of aliphatic hydroxyl groups excluding tert-OH is 1. The number of aromatic nitrogens is 2. The minimum atomic E-state index is 0.0720. The van der Waals surface area contributed by atoms with E-state index in [9.17, 15) is 4.79 Å². The highest BCUT2D eigenvalue weighted by molar-refractivity contribution is 7.13. The first-order valence-electron chi connectivity index (χ1n) is 7.62. The molecule has 2 aromatic rings. The highest BCUT2D eigenvalue weighted by Gasteiger charge is 2.19. The van der Waals surface area contributed by atoms with Crippen LogP contribution in [0.3, 0.4) is 0 Å². The number of pyridine rings is 1. The molecule has 0 spiro atoms. The number of hydrogen-bond donors (Lipinski definition) is 1. The average Bonchev–Trinajstić information content (AvgIpc) is 2.77. The number of fused-ring (bicyclic) bond motifs is 1. The third-order valence-electron chi connectivity index (χ3n) is 4.16. The van der Waals surface area contributed by atoms with E-state index in [1.165, 1.54) is 11.5 Å². The van der Waals surface area contributed by atoms with Crippen LogP contribution in [0, 0.1) is 13.8 Å². The van der Waals surface area contributed by atoms with Crippen molar-refractivity contribution in [2.45, 2.75) is 20.5 Å². The van der Waals surface area contributed by atoms with Crippen molar-refractivity contribution in [3.8, 4) is 0 Å². The van der Waals surface area contributed by atoms with Gasteiger partial charge in [0, 0.05) is 38.4 Å². The maximum Gasteiger partial charge on any atom is 0.271 e. The van der Waals surface area contributed by atoms with Crippen LogP contribution in [0.5, 0.6) is 0 Å². The summed E-state index contributed by atoms with van der Waals surface area (Å²) in [7, 11) is 0. The van der Waals surface area contributed by atoms with E-state index in [-0.39, 0.29) is 12.2 Å². The molecule has 6 nitrogen and oxygen atoms in total. The molecule has 7 heteroatoms. The van der Waals surface area contributed by atoms with Crippen molar-refractivity contribution in [2.24, 2.45) is 0 Å². The number of piperazine rings is 1. The number of rotatable bonds is 4. The van der Waals surface area contributed by atoms with Crippen molar-refractivity contribution in [1.29, 1.82) is 0 Å². The Kier molecular flexibility index (Phi) is 4.58. The lowest BCUT2D eigenvalue weighted by Crippen LogP contribution is -2.47. The lowest BCUT2D eigenvalue weighted by molar-refractivity contribution is 0.0951. The van der Waals surface area contributed by atoms with Gasteiger partial charge in [0.15, 0.2) is 0 Å². The summed E-state index contributed by atoms with van der Waals surface area (Å²) in [6, 6.07) is 1.97. The number of β-amino-alcohol motifs (C(OH)–C–C–N with tert-alkyl or cyclic N) is 1. The van der Waals surface area contributed by atoms with Gasteiger partial charge in [-0.2, -0.15) is 0 Å². The van der Waals surface area contributed by atoms with Crippen LogP contribution in [-0.4, -0.2) is 63.2 Å². The largest absolute Gasteiger partial charge is 0.395 e. The van der Waals surface area contributed by atoms with Gasteiger partial charge >= 0.3 is 0 Å². The molecule has 0 aliphatic carbocycles. The van der Waals surface area contributed by atoms with Crippen LogP contribution in [0.25, 0.3) is 10.2 Å². The van der Waals surface area contributed by atoms with E-state index < -0.39 is 0 Å². The van der Waals surface area contributed by atoms with Gasteiger partial charge in [0.1, 0.15) is 4.83 Å². The summed E-state index contributed by atoms with van der Waals surface area (Å²) in [5.74, 6) is 0. The zero-order valence-corrected chi connectivity index (χ0v) is 13.9. The normalized spacial score (nSPS) is 17.4. The number of hydrogen-bond acceptors (Lipinski definition) is 6. The molecule has 1 saturated heterocycles. The third-order valence-corrected chi connectivity index (χ3v) is 5.13. The monoisotopic (exact) mass is 322 g/mol. The molecule has 3 heterocycles. The maximum atomic E-state index is 12.6. The fourth-order valence-corrected chi connectivity index (χ4v) is 4.10. The van der Waals surface area contributed by atoms with Gasteiger partial charge in [0.25, 0.3) is 5.56 Å². The van der Waals surface area contributed by atoms with Gasteiger partial charge in [-0.3, -0.25) is 14.6 Å². The lowest BCUT2D eigenvalue weighted by Gasteiger charge is -2.33. The molecular weight excluding hydrogens is 300 g/mol. The first-order valence-corrected chi connectivity index (χ1v) is 8.39. The zero-order valence-electron chi connectivity index (χ0n) is 13.1. The van der Waals surface area contributed by atoms with E-state index in [0.29, 0.717) is 6.67 Å². The predicted octanol–water partition coefficient (Wildman–Crippen LogP) is 0.642. The van der Waals surface area contributed by atoms with E-state index in [4.69, 9.17) is 5.11 Å². The van der Waals surface area contributed by atoms with E-state index in [2.05, 4.69) is 14.8 Å². The van der Waals surface area contributed by atoms with Crippen molar-refractivity contribution in [1.82, 2.24) is 18.7 Å². The predicted molar refractivity (Wildman–Crippen MR) is 88.5 cm³/mol. The topological polar surface area (TPSA) is 61.6 Å². The summed E-state index contributed by atoms with van der Waals surface area (Å²) in [6.07, 6.45) is 0. The van der Waals surface area contributed by atoms with Gasteiger partial charge in [-0.15, -0.1) is 0 Å². The zero-order chi connectivity index (χ0) is 15.7. The van der Waals surface area contributed by atoms with Crippen LogP contribution in [0.15, 0.2) is 10.9 Å². The van der Waals surface area contributed by atoms with Crippen LogP contribution in [0.4, 0.5) is 0 Å². The van der Waals surface area contributed by atoms with Crippen LogP contribution in [-0.2, 0) is 6.67 Å². The second kappa shape index (κ2) is 6.45. The Balaban J connectivity index is 1.76. The molecule has 2 aromatic heterocycles. The Bertz CT molecular complexity index is 716. The number of aryl methyl sites for hydroxylation is 2. The fourth-order valence-electron chi connectivity index (χ4n) is 2.97. The molecule has 0 unspecified atom stereocenters. The molecule has 0 radical (unpaired) electrons. The summed E-state index contributed by atoms with van der Waals surface area (Å²) in [4.78, 5) is 22.4. The molecule has 0 bridgehead atoms. The molecule has 1 aliphatic rings. The molecule has 0 aromatic carbocycles. The highest BCUT2D eigenvalue weighted by Crippen LogP contribution is 2.19. The molecule has 120 valence electrons. The standard InChI is InChI=1S/C15H22N4O2S/c1-11-9-12(2)16-14-13(11)15(21)19(22-14)10-18-5-3-17(4-6-18)7-8-20/h9,20H,3-8,10H2,1-2H3. The van der Waals surface area contributed by atoms with Crippen molar-refractivity contribution in [3.63, 3.8) is 0 Å². The molecule has 22 heavy (non-hydrogen) atoms. The van der Waals surface area contributed by atoms with Gasteiger partial charge in [0.2, 0.25) is 0 Å². The molecule has 0 atom stereocenters. The summed E-state index contributed by atoms with van der Waals surface area (Å²) in [5.41, 5.74) is 2.04. The van der Waals surface area contributed by atoms with Crippen molar-refractivity contribution in [3.05, 3.63) is 27.7 Å².